The van der Waals surface area contributed by atoms with Crippen LogP contribution >= 0.6 is 0 Å². The Balaban J connectivity index is 2.47. The van der Waals surface area contributed by atoms with Crippen molar-refractivity contribution in [2.45, 2.75) is 84.4 Å². The number of benzene rings is 1. The molecule has 180 valence electrons. The summed E-state index contributed by atoms with van der Waals surface area (Å²) in [6.45, 7) is 15.9. The molecule has 0 spiro atoms. The molecule has 0 saturated carbocycles. The highest BCUT2D eigenvalue weighted by Gasteiger charge is 2.36. The SMILES string of the molecule is COc1ccc(CO[C@H](C)C[C@@H](/C=C/C=C/CCO[Si](C)(C)C(C)(C)C)OC(C)=O)cc1. The van der Waals surface area contributed by atoms with Crippen molar-refractivity contribution in [3.63, 3.8) is 0 Å². The molecule has 0 aromatic heterocycles. The van der Waals surface area contributed by atoms with Crippen LogP contribution in [0.25, 0.3) is 0 Å². The van der Waals surface area contributed by atoms with E-state index in [1.54, 1.807) is 7.11 Å². The smallest absolute Gasteiger partial charge is 0.303 e. The summed E-state index contributed by atoms with van der Waals surface area (Å²) in [6.07, 6.45) is 8.95. The fourth-order valence-corrected chi connectivity index (χ4v) is 3.76. The van der Waals surface area contributed by atoms with Crippen LogP contribution in [0.4, 0.5) is 0 Å². The normalized spacial score (nSPS) is 14.6. The van der Waals surface area contributed by atoms with Crippen LogP contribution in [0, 0.1) is 0 Å². The Bertz CT molecular complexity index is 732. The minimum Gasteiger partial charge on any atom is -0.497 e. The molecule has 0 aliphatic rings. The van der Waals surface area contributed by atoms with Gasteiger partial charge in [-0.25, -0.2) is 0 Å². The molecule has 0 unspecified atom stereocenters. The van der Waals surface area contributed by atoms with E-state index in [4.69, 9.17) is 18.6 Å². The summed E-state index contributed by atoms with van der Waals surface area (Å²) in [5.74, 6) is 0.523. The summed E-state index contributed by atoms with van der Waals surface area (Å²) >= 11 is 0. The van der Waals surface area contributed by atoms with Crippen molar-refractivity contribution >= 4 is 14.3 Å². The first kappa shape index (κ1) is 28.1. The minimum absolute atomic E-state index is 0.0620. The number of hydrogen-bond acceptors (Lipinski definition) is 5. The van der Waals surface area contributed by atoms with Crippen molar-refractivity contribution in [1.29, 1.82) is 0 Å². The van der Waals surface area contributed by atoms with Gasteiger partial charge in [0.25, 0.3) is 0 Å². The standard InChI is InChI=1S/C26H42O5Si/c1-21(29-20-23-14-16-24(28-6)17-15-23)19-25(31-22(2)27)13-11-9-10-12-18-30-32(7,8)26(3,4)5/h9-11,13-17,21,25H,12,18-20H2,1-8H3/b10-9+,13-11+/t21-,25-/m1/s1. The second kappa shape index (κ2) is 13.6. The third-order valence-corrected chi connectivity index (χ3v) is 10.2. The van der Waals surface area contributed by atoms with Crippen LogP contribution in [0.2, 0.25) is 18.1 Å². The van der Waals surface area contributed by atoms with E-state index in [-0.39, 0.29) is 23.2 Å². The molecule has 0 radical (unpaired) electrons. The zero-order chi connectivity index (χ0) is 24.2. The fourth-order valence-electron chi connectivity index (χ4n) is 2.70. The van der Waals surface area contributed by atoms with Crippen LogP contribution in [0.5, 0.6) is 5.75 Å². The third kappa shape index (κ3) is 11.1. The summed E-state index contributed by atoms with van der Waals surface area (Å²) in [4.78, 5) is 11.5. The van der Waals surface area contributed by atoms with Gasteiger partial charge in [0, 0.05) is 20.0 Å². The van der Waals surface area contributed by atoms with Crippen LogP contribution in [0.1, 0.15) is 53.0 Å². The number of carbonyl (C=O) groups excluding carboxylic acids is 1. The van der Waals surface area contributed by atoms with Gasteiger partial charge in [-0.2, -0.15) is 0 Å². The predicted molar refractivity (Wildman–Crippen MR) is 133 cm³/mol. The number of carbonyl (C=O) groups is 1. The topological polar surface area (TPSA) is 54.0 Å². The molecule has 5 nitrogen and oxygen atoms in total. The maximum absolute atomic E-state index is 11.5. The first-order valence-corrected chi connectivity index (χ1v) is 14.2. The van der Waals surface area contributed by atoms with Gasteiger partial charge in [-0.05, 0) is 55.2 Å². The molecule has 2 atom stereocenters. The maximum Gasteiger partial charge on any atom is 0.303 e. The average molecular weight is 463 g/mol. The summed E-state index contributed by atoms with van der Waals surface area (Å²) in [5, 5.41) is 0.222. The van der Waals surface area contributed by atoms with E-state index < -0.39 is 8.32 Å². The van der Waals surface area contributed by atoms with Crippen molar-refractivity contribution in [3.8, 4) is 5.75 Å². The number of rotatable bonds is 13. The van der Waals surface area contributed by atoms with Crippen LogP contribution < -0.4 is 4.74 Å². The number of ether oxygens (including phenoxy) is 3. The molecular weight excluding hydrogens is 420 g/mol. The molecule has 0 aliphatic carbocycles. The Morgan fingerprint density at radius 3 is 2.34 bits per heavy atom. The van der Waals surface area contributed by atoms with Crippen LogP contribution in [-0.2, 0) is 25.3 Å². The van der Waals surface area contributed by atoms with Crippen LogP contribution in [-0.4, -0.2) is 40.2 Å². The monoisotopic (exact) mass is 462 g/mol. The number of methoxy groups -OCH3 is 1. The zero-order valence-corrected chi connectivity index (χ0v) is 22.1. The van der Waals surface area contributed by atoms with Crippen LogP contribution in [0.15, 0.2) is 48.6 Å². The molecule has 0 bridgehead atoms. The number of allylic oxidation sites excluding steroid dienone is 2. The van der Waals surface area contributed by atoms with E-state index in [2.05, 4.69) is 39.9 Å². The Labute approximate surface area is 195 Å². The fraction of sp³-hybridized carbons (Fsp3) is 0.577. The predicted octanol–water partition coefficient (Wildman–Crippen LogP) is 6.45. The molecule has 32 heavy (non-hydrogen) atoms. The van der Waals surface area contributed by atoms with Crippen molar-refractivity contribution in [3.05, 3.63) is 54.1 Å². The van der Waals surface area contributed by atoms with E-state index in [0.717, 1.165) is 24.3 Å². The quantitative estimate of drug-likeness (QED) is 0.146. The van der Waals surface area contributed by atoms with Gasteiger partial charge in [-0.3, -0.25) is 4.79 Å². The van der Waals surface area contributed by atoms with Gasteiger partial charge in [0.2, 0.25) is 0 Å². The maximum atomic E-state index is 11.5. The Kier molecular flexibility index (Phi) is 12.0. The lowest BCUT2D eigenvalue weighted by Gasteiger charge is -2.36. The molecular formula is C26H42O5Si. The average Bonchev–Trinajstić information content (AvgIpc) is 2.70. The van der Waals surface area contributed by atoms with Crippen molar-refractivity contribution in [1.82, 2.24) is 0 Å². The lowest BCUT2D eigenvalue weighted by atomic mass is 10.1. The molecule has 0 N–H and O–H groups in total. The molecule has 0 fully saturated rings. The lowest BCUT2D eigenvalue weighted by molar-refractivity contribution is -0.145. The summed E-state index contributed by atoms with van der Waals surface area (Å²) in [6, 6.07) is 7.79. The van der Waals surface area contributed by atoms with Crippen molar-refractivity contribution in [2.75, 3.05) is 13.7 Å². The molecule has 0 saturated heterocycles. The third-order valence-electron chi connectivity index (χ3n) is 5.70. The van der Waals surface area contributed by atoms with Gasteiger partial charge >= 0.3 is 5.97 Å². The van der Waals surface area contributed by atoms with Gasteiger partial charge in [0.15, 0.2) is 8.32 Å². The van der Waals surface area contributed by atoms with E-state index in [9.17, 15) is 4.79 Å². The van der Waals surface area contributed by atoms with Crippen molar-refractivity contribution < 1.29 is 23.4 Å². The summed E-state index contributed by atoms with van der Waals surface area (Å²) in [5.41, 5.74) is 1.07. The van der Waals surface area contributed by atoms with Gasteiger partial charge in [0.1, 0.15) is 11.9 Å². The highest BCUT2D eigenvalue weighted by Crippen LogP contribution is 2.36. The van der Waals surface area contributed by atoms with E-state index >= 15 is 0 Å². The Hall–Kier alpha value is -1.89. The second-order valence-corrected chi connectivity index (χ2v) is 14.4. The Morgan fingerprint density at radius 2 is 1.78 bits per heavy atom. The first-order chi connectivity index (χ1) is 14.9. The van der Waals surface area contributed by atoms with Gasteiger partial charge in [0.05, 0.1) is 19.8 Å². The molecule has 1 rings (SSSR count). The van der Waals surface area contributed by atoms with E-state index in [1.165, 1.54) is 6.92 Å². The molecule has 0 aliphatic heterocycles. The molecule has 0 heterocycles. The molecule has 0 amide bonds. The van der Waals surface area contributed by atoms with Gasteiger partial charge < -0.3 is 18.6 Å². The summed E-state index contributed by atoms with van der Waals surface area (Å²) in [7, 11) is -0.0477. The largest absolute Gasteiger partial charge is 0.497 e. The highest BCUT2D eigenvalue weighted by molar-refractivity contribution is 6.74. The molecule has 6 heteroatoms. The zero-order valence-electron chi connectivity index (χ0n) is 21.1. The molecule has 1 aromatic carbocycles. The number of hydrogen-bond donors (Lipinski definition) is 0. The Morgan fingerprint density at radius 1 is 1.12 bits per heavy atom. The van der Waals surface area contributed by atoms with E-state index in [0.29, 0.717) is 13.0 Å². The highest BCUT2D eigenvalue weighted by atomic mass is 28.4. The second-order valence-electron chi connectivity index (χ2n) is 9.56. The summed E-state index contributed by atoms with van der Waals surface area (Å²) < 4.78 is 22.7. The molecule has 1 aromatic rings. The first-order valence-electron chi connectivity index (χ1n) is 11.3. The minimum atomic E-state index is -1.70. The van der Waals surface area contributed by atoms with Crippen LogP contribution in [0.3, 0.4) is 0 Å². The lowest BCUT2D eigenvalue weighted by Crippen LogP contribution is -2.40. The van der Waals surface area contributed by atoms with Gasteiger partial charge in [-0.15, -0.1) is 0 Å². The van der Waals surface area contributed by atoms with Crippen molar-refractivity contribution in [2.24, 2.45) is 0 Å². The van der Waals surface area contributed by atoms with Gasteiger partial charge in [-0.1, -0.05) is 51.1 Å². The van der Waals surface area contributed by atoms with E-state index in [1.807, 2.05) is 49.4 Å². The number of esters is 1.